The number of methoxy groups -OCH3 is 1. The molecule has 1 unspecified atom stereocenters. The standard InChI is InChI=1S/C19H29NO3/c1-13(2)20(12-14(3)18(22)23-7)17(21)15-8-10-16(11-9-15)19(4,5)6/h8-11,13-14H,12H2,1-7H3. The molecule has 1 amide bonds. The average molecular weight is 319 g/mol. The molecule has 0 saturated heterocycles. The SMILES string of the molecule is COC(=O)C(C)CN(C(=O)c1ccc(C(C)(C)C)cc1)C(C)C. The van der Waals surface area contributed by atoms with E-state index in [-0.39, 0.29) is 29.3 Å². The second-order valence-electron chi connectivity index (χ2n) is 7.30. The predicted octanol–water partition coefficient (Wildman–Crippen LogP) is 3.64. The Balaban J connectivity index is 2.96. The molecule has 1 aromatic rings. The van der Waals surface area contributed by atoms with E-state index in [0.717, 1.165) is 0 Å². The molecule has 23 heavy (non-hydrogen) atoms. The largest absolute Gasteiger partial charge is 0.469 e. The number of nitrogens with zero attached hydrogens (tertiary/aromatic N) is 1. The van der Waals surface area contributed by atoms with Crippen molar-refractivity contribution in [3.63, 3.8) is 0 Å². The highest BCUT2D eigenvalue weighted by Gasteiger charge is 2.25. The molecule has 1 atom stereocenters. The van der Waals surface area contributed by atoms with Gasteiger partial charge in [-0.3, -0.25) is 9.59 Å². The minimum Gasteiger partial charge on any atom is -0.469 e. The van der Waals surface area contributed by atoms with Gasteiger partial charge in [-0.1, -0.05) is 39.8 Å². The van der Waals surface area contributed by atoms with Crippen molar-refractivity contribution in [2.75, 3.05) is 13.7 Å². The van der Waals surface area contributed by atoms with Crippen LogP contribution in [-0.2, 0) is 14.9 Å². The summed E-state index contributed by atoms with van der Waals surface area (Å²) in [5.74, 6) is -0.706. The molecule has 0 saturated carbocycles. The van der Waals surface area contributed by atoms with Gasteiger partial charge in [0.25, 0.3) is 5.91 Å². The third-order valence-corrected chi connectivity index (χ3v) is 3.96. The molecule has 0 radical (unpaired) electrons. The van der Waals surface area contributed by atoms with Gasteiger partial charge in [0.05, 0.1) is 13.0 Å². The lowest BCUT2D eigenvalue weighted by atomic mass is 9.86. The van der Waals surface area contributed by atoms with E-state index in [0.29, 0.717) is 12.1 Å². The highest BCUT2D eigenvalue weighted by molar-refractivity contribution is 5.94. The Bertz CT molecular complexity index is 541. The quantitative estimate of drug-likeness (QED) is 0.778. The molecule has 0 fully saturated rings. The monoisotopic (exact) mass is 319 g/mol. The summed E-state index contributed by atoms with van der Waals surface area (Å²) in [6, 6.07) is 7.73. The molecule has 0 N–H and O–H groups in total. The molecule has 0 aliphatic rings. The van der Waals surface area contributed by atoms with Crippen molar-refractivity contribution in [3.8, 4) is 0 Å². The number of carbonyl (C=O) groups excluding carboxylic acids is 2. The second kappa shape index (κ2) is 7.62. The van der Waals surface area contributed by atoms with Gasteiger partial charge in [-0.2, -0.15) is 0 Å². The number of esters is 1. The number of benzene rings is 1. The van der Waals surface area contributed by atoms with Crippen LogP contribution in [0.1, 0.15) is 57.5 Å². The molecule has 1 aromatic carbocycles. The van der Waals surface area contributed by atoms with Crippen molar-refractivity contribution < 1.29 is 14.3 Å². The first-order chi connectivity index (χ1) is 10.6. The van der Waals surface area contributed by atoms with Gasteiger partial charge in [0.15, 0.2) is 0 Å². The third-order valence-electron chi connectivity index (χ3n) is 3.96. The zero-order valence-electron chi connectivity index (χ0n) is 15.3. The fourth-order valence-electron chi connectivity index (χ4n) is 2.38. The Morgan fingerprint density at radius 3 is 2.00 bits per heavy atom. The molecule has 4 heteroatoms. The van der Waals surface area contributed by atoms with E-state index in [1.165, 1.54) is 12.7 Å². The van der Waals surface area contributed by atoms with Crippen LogP contribution in [0.3, 0.4) is 0 Å². The van der Waals surface area contributed by atoms with Gasteiger partial charge < -0.3 is 9.64 Å². The van der Waals surface area contributed by atoms with Crippen molar-refractivity contribution in [3.05, 3.63) is 35.4 Å². The fourth-order valence-corrected chi connectivity index (χ4v) is 2.38. The first-order valence-corrected chi connectivity index (χ1v) is 8.07. The smallest absolute Gasteiger partial charge is 0.310 e. The van der Waals surface area contributed by atoms with Gasteiger partial charge in [0.2, 0.25) is 0 Å². The summed E-state index contributed by atoms with van der Waals surface area (Å²) in [4.78, 5) is 26.1. The summed E-state index contributed by atoms with van der Waals surface area (Å²) in [5.41, 5.74) is 1.88. The second-order valence-corrected chi connectivity index (χ2v) is 7.30. The van der Waals surface area contributed by atoms with Crippen molar-refractivity contribution in [2.45, 2.75) is 53.0 Å². The average Bonchev–Trinajstić information content (AvgIpc) is 2.49. The highest BCUT2D eigenvalue weighted by Crippen LogP contribution is 2.23. The Kier molecular flexibility index (Phi) is 6.37. The van der Waals surface area contributed by atoms with E-state index in [4.69, 9.17) is 4.74 Å². The maximum atomic E-state index is 12.8. The molecule has 0 aromatic heterocycles. The van der Waals surface area contributed by atoms with E-state index < -0.39 is 0 Å². The summed E-state index contributed by atoms with van der Waals surface area (Å²) in [6.07, 6.45) is 0. The summed E-state index contributed by atoms with van der Waals surface area (Å²) in [7, 11) is 1.37. The normalized spacial score (nSPS) is 12.9. The molecular weight excluding hydrogens is 290 g/mol. The molecule has 0 spiro atoms. The zero-order valence-corrected chi connectivity index (χ0v) is 15.3. The van der Waals surface area contributed by atoms with E-state index >= 15 is 0 Å². The maximum absolute atomic E-state index is 12.8. The van der Waals surface area contributed by atoms with Gasteiger partial charge in [0.1, 0.15) is 0 Å². The van der Waals surface area contributed by atoms with E-state index in [1.807, 2.05) is 38.1 Å². The Hall–Kier alpha value is -1.84. The van der Waals surface area contributed by atoms with Gasteiger partial charge in [-0.05, 0) is 37.0 Å². The molecule has 0 aliphatic heterocycles. The number of hydrogen-bond donors (Lipinski definition) is 0. The van der Waals surface area contributed by atoms with Gasteiger partial charge in [-0.25, -0.2) is 0 Å². The van der Waals surface area contributed by atoms with Gasteiger partial charge >= 0.3 is 5.97 Å². The van der Waals surface area contributed by atoms with Crippen LogP contribution in [0, 0.1) is 5.92 Å². The lowest BCUT2D eigenvalue weighted by Gasteiger charge is -2.29. The Labute approximate surface area is 139 Å². The van der Waals surface area contributed by atoms with Crippen molar-refractivity contribution in [1.29, 1.82) is 0 Å². The molecule has 0 aliphatic carbocycles. The Morgan fingerprint density at radius 1 is 1.09 bits per heavy atom. The summed E-state index contributed by atoms with van der Waals surface area (Å²) in [6.45, 7) is 12.4. The van der Waals surface area contributed by atoms with Crippen LogP contribution in [-0.4, -0.2) is 36.5 Å². The van der Waals surface area contributed by atoms with Crippen LogP contribution >= 0.6 is 0 Å². The van der Waals surface area contributed by atoms with Crippen LogP contribution in [0.15, 0.2) is 24.3 Å². The molecule has 4 nitrogen and oxygen atoms in total. The number of rotatable bonds is 5. The third kappa shape index (κ3) is 5.08. The minimum atomic E-state index is -0.347. The minimum absolute atomic E-state index is 0.0110. The van der Waals surface area contributed by atoms with E-state index in [1.54, 1.807) is 11.8 Å². The lowest BCUT2D eigenvalue weighted by Crippen LogP contribution is -2.41. The van der Waals surface area contributed by atoms with Crippen molar-refractivity contribution in [2.24, 2.45) is 5.92 Å². The molecule has 0 bridgehead atoms. The topological polar surface area (TPSA) is 46.6 Å². The number of amides is 1. The van der Waals surface area contributed by atoms with Crippen LogP contribution in [0.4, 0.5) is 0 Å². The first kappa shape index (κ1) is 19.2. The van der Waals surface area contributed by atoms with Crippen LogP contribution < -0.4 is 0 Å². The number of ether oxygens (including phenoxy) is 1. The molecular formula is C19H29NO3. The first-order valence-electron chi connectivity index (χ1n) is 8.07. The van der Waals surface area contributed by atoms with E-state index in [2.05, 4.69) is 20.8 Å². The summed E-state index contributed by atoms with van der Waals surface area (Å²) in [5, 5.41) is 0. The number of carbonyl (C=O) groups is 2. The van der Waals surface area contributed by atoms with Gasteiger partial charge in [-0.15, -0.1) is 0 Å². The molecule has 0 heterocycles. The van der Waals surface area contributed by atoms with Crippen LogP contribution in [0.25, 0.3) is 0 Å². The van der Waals surface area contributed by atoms with Crippen LogP contribution in [0.2, 0.25) is 0 Å². The lowest BCUT2D eigenvalue weighted by molar-refractivity contribution is -0.145. The number of hydrogen-bond acceptors (Lipinski definition) is 3. The molecule has 1 rings (SSSR count). The predicted molar refractivity (Wildman–Crippen MR) is 92.5 cm³/mol. The Morgan fingerprint density at radius 2 is 1.61 bits per heavy atom. The highest BCUT2D eigenvalue weighted by atomic mass is 16.5. The van der Waals surface area contributed by atoms with Gasteiger partial charge in [0, 0.05) is 18.2 Å². The summed E-state index contributed by atoms with van der Waals surface area (Å²) >= 11 is 0. The zero-order chi connectivity index (χ0) is 17.8. The van der Waals surface area contributed by atoms with Crippen molar-refractivity contribution in [1.82, 2.24) is 4.90 Å². The maximum Gasteiger partial charge on any atom is 0.310 e. The van der Waals surface area contributed by atoms with E-state index in [9.17, 15) is 9.59 Å². The van der Waals surface area contributed by atoms with Crippen LogP contribution in [0.5, 0.6) is 0 Å². The van der Waals surface area contributed by atoms with Crippen molar-refractivity contribution >= 4 is 11.9 Å². The summed E-state index contributed by atoms with van der Waals surface area (Å²) < 4.78 is 4.75. The fraction of sp³-hybridized carbons (Fsp3) is 0.579. The molecule has 128 valence electrons.